The number of benzene rings is 1. The molecule has 1 saturated heterocycles. The van der Waals surface area contributed by atoms with Crippen LogP contribution in [0.15, 0.2) is 24.3 Å². The third-order valence-electron chi connectivity index (χ3n) is 4.97. The Morgan fingerprint density at radius 2 is 1.96 bits per heavy atom. The van der Waals surface area contributed by atoms with Gasteiger partial charge in [0.15, 0.2) is 0 Å². The summed E-state index contributed by atoms with van der Waals surface area (Å²) in [5.41, 5.74) is 1.15. The molecule has 2 N–H and O–H groups in total. The maximum Gasteiger partial charge on any atom is 0.238 e. The molecular formula is C20H28N4O2. The smallest absolute Gasteiger partial charge is 0.238 e. The van der Waals surface area contributed by atoms with Crippen LogP contribution in [0.2, 0.25) is 0 Å². The van der Waals surface area contributed by atoms with Gasteiger partial charge in [-0.1, -0.05) is 19.9 Å². The highest BCUT2D eigenvalue weighted by Gasteiger charge is 2.27. The van der Waals surface area contributed by atoms with E-state index in [1.54, 1.807) is 24.3 Å². The molecule has 0 bridgehead atoms. The largest absolute Gasteiger partial charge is 0.353 e. The van der Waals surface area contributed by atoms with Crippen molar-refractivity contribution in [3.8, 4) is 6.07 Å². The minimum atomic E-state index is -0.101. The Bertz CT molecular complexity index is 673. The van der Waals surface area contributed by atoms with E-state index in [-0.39, 0.29) is 23.8 Å². The van der Waals surface area contributed by atoms with Gasteiger partial charge >= 0.3 is 0 Å². The molecule has 26 heavy (non-hydrogen) atoms. The SMILES string of the molecule is CC(C)C(C)NC(=O)C1CCN(CC(=O)Nc2cccc(C#N)c2)CC1. The van der Waals surface area contributed by atoms with Crippen molar-refractivity contribution in [3.63, 3.8) is 0 Å². The summed E-state index contributed by atoms with van der Waals surface area (Å²) < 4.78 is 0. The Kier molecular flexibility index (Phi) is 7.16. The summed E-state index contributed by atoms with van der Waals surface area (Å²) in [4.78, 5) is 26.6. The Labute approximate surface area is 155 Å². The molecule has 1 unspecified atom stereocenters. The van der Waals surface area contributed by atoms with Crippen LogP contribution in [0.3, 0.4) is 0 Å². The number of nitriles is 1. The molecule has 0 aromatic heterocycles. The van der Waals surface area contributed by atoms with E-state index in [1.807, 2.05) is 6.92 Å². The van der Waals surface area contributed by atoms with Gasteiger partial charge in [0.05, 0.1) is 18.2 Å². The van der Waals surface area contributed by atoms with Gasteiger partial charge in [-0.15, -0.1) is 0 Å². The zero-order valence-corrected chi connectivity index (χ0v) is 15.8. The standard InChI is InChI=1S/C20H28N4O2/c1-14(2)15(3)22-20(26)17-7-9-24(10-8-17)13-19(25)23-18-6-4-5-16(11-18)12-21/h4-6,11,14-15,17H,7-10,13H2,1-3H3,(H,22,26)(H,23,25). The number of carbonyl (C=O) groups is 2. The maximum atomic E-state index is 12.3. The van der Waals surface area contributed by atoms with Crippen molar-refractivity contribution >= 4 is 17.5 Å². The molecule has 1 atom stereocenters. The molecule has 0 saturated carbocycles. The third kappa shape index (κ3) is 5.85. The number of hydrogen-bond donors (Lipinski definition) is 2. The molecule has 1 aromatic rings. The second kappa shape index (κ2) is 9.35. The lowest BCUT2D eigenvalue weighted by Gasteiger charge is -2.31. The molecule has 140 valence electrons. The number of nitrogens with one attached hydrogen (secondary N) is 2. The molecule has 6 nitrogen and oxygen atoms in total. The number of rotatable bonds is 6. The highest BCUT2D eigenvalue weighted by molar-refractivity contribution is 5.92. The quantitative estimate of drug-likeness (QED) is 0.819. The summed E-state index contributed by atoms with van der Waals surface area (Å²) in [6.45, 7) is 7.99. The van der Waals surface area contributed by atoms with Gasteiger partial charge in [0.1, 0.15) is 0 Å². The number of likely N-dealkylation sites (tertiary alicyclic amines) is 1. The lowest BCUT2D eigenvalue weighted by atomic mass is 9.95. The molecule has 0 aliphatic carbocycles. The van der Waals surface area contributed by atoms with Crippen LogP contribution in [-0.4, -0.2) is 42.4 Å². The van der Waals surface area contributed by atoms with E-state index in [4.69, 9.17) is 5.26 Å². The molecule has 1 heterocycles. The summed E-state index contributed by atoms with van der Waals surface area (Å²) in [5.74, 6) is 0.477. The van der Waals surface area contributed by atoms with Gasteiger partial charge in [-0.05, 0) is 57.0 Å². The summed E-state index contributed by atoms with van der Waals surface area (Å²) in [5, 5.41) is 14.8. The highest BCUT2D eigenvalue weighted by atomic mass is 16.2. The summed E-state index contributed by atoms with van der Waals surface area (Å²) in [6.07, 6.45) is 1.54. The normalized spacial score (nSPS) is 16.7. The number of piperidine rings is 1. The van der Waals surface area contributed by atoms with Crippen LogP contribution in [0.5, 0.6) is 0 Å². The minimum Gasteiger partial charge on any atom is -0.353 e. The predicted molar refractivity (Wildman–Crippen MR) is 101 cm³/mol. The Balaban J connectivity index is 1.76. The lowest BCUT2D eigenvalue weighted by Crippen LogP contribution is -2.45. The van der Waals surface area contributed by atoms with Crippen molar-refractivity contribution in [2.24, 2.45) is 11.8 Å². The van der Waals surface area contributed by atoms with Crippen molar-refractivity contribution in [2.75, 3.05) is 25.0 Å². The third-order valence-corrected chi connectivity index (χ3v) is 4.97. The zero-order valence-electron chi connectivity index (χ0n) is 15.8. The number of nitrogens with zero attached hydrogens (tertiary/aromatic N) is 2. The molecule has 2 rings (SSSR count). The Morgan fingerprint density at radius 1 is 1.27 bits per heavy atom. The lowest BCUT2D eigenvalue weighted by molar-refractivity contribution is -0.127. The fraction of sp³-hybridized carbons (Fsp3) is 0.550. The average molecular weight is 356 g/mol. The first-order valence-electron chi connectivity index (χ1n) is 9.21. The maximum absolute atomic E-state index is 12.3. The highest BCUT2D eigenvalue weighted by Crippen LogP contribution is 2.18. The molecule has 0 radical (unpaired) electrons. The Hall–Kier alpha value is -2.39. The monoisotopic (exact) mass is 356 g/mol. The zero-order chi connectivity index (χ0) is 19.1. The number of hydrogen-bond acceptors (Lipinski definition) is 4. The van der Waals surface area contributed by atoms with Crippen LogP contribution in [0, 0.1) is 23.2 Å². The summed E-state index contributed by atoms with van der Waals surface area (Å²) in [7, 11) is 0. The van der Waals surface area contributed by atoms with E-state index >= 15 is 0 Å². The van der Waals surface area contributed by atoms with Crippen molar-refractivity contribution in [3.05, 3.63) is 29.8 Å². The van der Waals surface area contributed by atoms with E-state index in [1.165, 1.54) is 0 Å². The number of carbonyl (C=O) groups excluding carboxylic acids is 2. The fourth-order valence-corrected chi connectivity index (χ4v) is 2.93. The molecule has 2 amide bonds. The van der Waals surface area contributed by atoms with Gasteiger partial charge in [0.25, 0.3) is 0 Å². The molecule has 1 fully saturated rings. The molecule has 1 aromatic carbocycles. The van der Waals surface area contributed by atoms with Crippen molar-refractivity contribution in [2.45, 2.75) is 39.7 Å². The first-order chi connectivity index (χ1) is 12.4. The molecular weight excluding hydrogens is 328 g/mol. The van der Waals surface area contributed by atoms with Crippen LogP contribution >= 0.6 is 0 Å². The molecule has 1 aliphatic rings. The van der Waals surface area contributed by atoms with Gasteiger partial charge in [-0.2, -0.15) is 5.26 Å². The molecule has 1 aliphatic heterocycles. The van der Waals surface area contributed by atoms with Crippen molar-refractivity contribution < 1.29 is 9.59 Å². The summed E-state index contributed by atoms with van der Waals surface area (Å²) >= 11 is 0. The van der Waals surface area contributed by atoms with Gasteiger partial charge < -0.3 is 10.6 Å². The number of amides is 2. The number of anilines is 1. The molecule has 6 heteroatoms. The van der Waals surface area contributed by atoms with Gasteiger partial charge in [-0.25, -0.2) is 0 Å². The van der Waals surface area contributed by atoms with E-state index in [2.05, 4.69) is 35.5 Å². The average Bonchev–Trinajstić information content (AvgIpc) is 2.62. The van der Waals surface area contributed by atoms with E-state index in [0.29, 0.717) is 23.7 Å². The second-order valence-corrected chi connectivity index (χ2v) is 7.33. The van der Waals surface area contributed by atoms with Crippen LogP contribution < -0.4 is 10.6 Å². The van der Waals surface area contributed by atoms with Crippen LogP contribution in [0.25, 0.3) is 0 Å². The minimum absolute atomic E-state index is 0.0304. The van der Waals surface area contributed by atoms with Crippen molar-refractivity contribution in [1.82, 2.24) is 10.2 Å². The van der Waals surface area contributed by atoms with Gasteiger partial charge in [-0.3, -0.25) is 14.5 Å². The van der Waals surface area contributed by atoms with Crippen LogP contribution in [-0.2, 0) is 9.59 Å². The van der Waals surface area contributed by atoms with Crippen molar-refractivity contribution in [1.29, 1.82) is 5.26 Å². The van der Waals surface area contributed by atoms with Gasteiger partial charge in [0.2, 0.25) is 11.8 Å². The summed E-state index contributed by atoms with van der Waals surface area (Å²) in [6, 6.07) is 9.11. The Morgan fingerprint density at radius 3 is 2.58 bits per heavy atom. The fourth-order valence-electron chi connectivity index (χ4n) is 2.93. The van der Waals surface area contributed by atoms with E-state index in [0.717, 1.165) is 25.9 Å². The van der Waals surface area contributed by atoms with Crippen LogP contribution in [0.1, 0.15) is 39.2 Å². The second-order valence-electron chi connectivity index (χ2n) is 7.33. The van der Waals surface area contributed by atoms with Gasteiger partial charge in [0, 0.05) is 17.6 Å². The van der Waals surface area contributed by atoms with E-state index < -0.39 is 0 Å². The van der Waals surface area contributed by atoms with E-state index in [9.17, 15) is 9.59 Å². The van der Waals surface area contributed by atoms with Crippen LogP contribution in [0.4, 0.5) is 5.69 Å². The first-order valence-corrected chi connectivity index (χ1v) is 9.21. The predicted octanol–water partition coefficient (Wildman–Crippen LogP) is 2.37. The topological polar surface area (TPSA) is 85.2 Å². The molecule has 0 spiro atoms. The first kappa shape index (κ1) is 19.9.